The summed E-state index contributed by atoms with van der Waals surface area (Å²) < 4.78 is 36.0. The van der Waals surface area contributed by atoms with Gasteiger partial charge in [0, 0.05) is 47.5 Å². The number of hydrogen-bond donors (Lipinski definition) is 2. The van der Waals surface area contributed by atoms with Gasteiger partial charge in [-0.3, -0.25) is 18.0 Å². The molecule has 0 rings (SSSR count). The van der Waals surface area contributed by atoms with Crippen LogP contribution in [0.1, 0.15) is 26.7 Å². The minimum atomic E-state index is -5.17. The molecule has 0 aromatic heterocycles. The van der Waals surface area contributed by atoms with E-state index in [9.17, 15) is 9.59 Å². The molecule has 11 heteroatoms. The topological polar surface area (TPSA) is 138 Å². The normalized spacial score (nSPS) is 11.2. The molecular formula is C20H42N4O6S. The van der Waals surface area contributed by atoms with E-state index in [1.165, 1.54) is 0 Å². The fraction of sp³-hybridized carbons (Fsp3) is 0.700. The molecule has 0 radical (unpaired) electrons. The Morgan fingerprint density at radius 1 is 0.742 bits per heavy atom. The molecule has 184 valence electrons. The first-order valence-electron chi connectivity index (χ1n) is 9.80. The van der Waals surface area contributed by atoms with E-state index >= 15 is 0 Å². The van der Waals surface area contributed by atoms with Crippen molar-refractivity contribution in [3.8, 4) is 0 Å². The molecule has 0 aromatic rings. The number of carbonyl (C=O) groups is 2. The fourth-order valence-corrected chi connectivity index (χ4v) is 1.81. The van der Waals surface area contributed by atoms with Crippen LogP contribution in [0.4, 0.5) is 0 Å². The SMILES string of the molecule is C=C(C)C(=O)NCCC[N+](C)(C)C.C=C(C)C(=O)NCCC[N+](C)(C)C.O=S(=O)([O-])[O-]. The van der Waals surface area contributed by atoms with E-state index in [2.05, 4.69) is 66.1 Å². The second-order valence-electron chi connectivity index (χ2n) is 9.22. The van der Waals surface area contributed by atoms with E-state index in [4.69, 9.17) is 17.5 Å². The predicted molar refractivity (Wildman–Crippen MR) is 121 cm³/mol. The van der Waals surface area contributed by atoms with Gasteiger partial charge in [0.15, 0.2) is 0 Å². The molecule has 0 aliphatic carbocycles. The van der Waals surface area contributed by atoms with Crippen molar-refractivity contribution in [3.63, 3.8) is 0 Å². The largest absolute Gasteiger partial charge is 0.759 e. The van der Waals surface area contributed by atoms with Gasteiger partial charge in [-0.15, -0.1) is 0 Å². The summed E-state index contributed by atoms with van der Waals surface area (Å²) in [5.41, 5.74) is 1.15. The number of amides is 2. The molecular weight excluding hydrogens is 424 g/mol. The summed E-state index contributed by atoms with van der Waals surface area (Å²) in [6.45, 7) is 14.2. The summed E-state index contributed by atoms with van der Waals surface area (Å²) >= 11 is 0. The first-order chi connectivity index (χ1) is 13.7. The molecule has 0 unspecified atom stereocenters. The summed E-state index contributed by atoms with van der Waals surface area (Å²) in [6.07, 6.45) is 2.00. The first-order valence-corrected chi connectivity index (χ1v) is 11.1. The van der Waals surface area contributed by atoms with Crippen LogP contribution < -0.4 is 10.6 Å². The monoisotopic (exact) mass is 466 g/mol. The Labute approximate surface area is 188 Å². The molecule has 0 aromatic carbocycles. The maximum atomic E-state index is 11.1. The van der Waals surface area contributed by atoms with Crippen LogP contribution in [0.3, 0.4) is 0 Å². The highest BCUT2D eigenvalue weighted by Crippen LogP contribution is 1.93. The number of rotatable bonds is 10. The van der Waals surface area contributed by atoms with Gasteiger partial charge in [-0.05, 0) is 13.8 Å². The quantitative estimate of drug-likeness (QED) is 0.155. The number of nitrogens with zero attached hydrogens (tertiary/aromatic N) is 2. The van der Waals surface area contributed by atoms with E-state index < -0.39 is 10.4 Å². The van der Waals surface area contributed by atoms with E-state index in [1.807, 2.05) is 0 Å². The van der Waals surface area contributed by atoms with Crippen LogP contribution in [-0.2, 0) is 20.0 Å². The molecule has 0 atom stereocenters. The minimum Gasteiger partial charge on any atom is -0.759 e. The van der Waals surface area contributed by atoms with Gasteiger partial charge in [0.05, 0.1) is 55.4 Å². The third-order valence-corrected chi connectivity index (χ3v) is 3.36. The summed E-state index contributed by atoms with van der Waals surface area (Å²) in [5, 5.41) is 5.61. The Morgan fingerprint density at radius 2 is 0.968 bits per heavy atom. The Kier molecular flexibility index (Phi) is 17.4. The van der Waals surface area contributed by atoms with Crippen LogP contribution in [0.15, 0.2) is 24.3 Å². The van der Waals surface area contributed by atoms with Crippen LogP contribution in [-0.4, -0.2) is 107 Å². The van der Waals surface area contributed by atoms with Crippen LogP contribution in [0.2, 0.25) is 0 Å². The van der Waals surface area contributed by atoms with Crippen LogP contribution in [0.25, 0.3) is 0 Å². The molecule has 0 aliphatic heterocycles. The predicted octanol–water partition coefficient (Wildman–Crippen LogP) is 0.212. The van der Waals surface area contributed by atoms with Crippen molar-refractivity contribution in [3.05, 3.63) is 24.3 Å². The lowest BCUT2D eigenvalue weighted by Gasteiger charge is -2.23. The third-order valence-electron chi connectivity index (χ3n) is 3.36. The molecule has 0 saturated heterocycles. The molecule has 0 saturated carbocycles. The molecule has 0 fully saturated rings. The third kappa shape index (κ3) is 39.3. The van der Waals surface area contributed by atoms with Crippen molar-refractivity contribution in [2.45, 2.75) is 26.7 Å². The van der Waals surface area contributed by atoms with Crippen LogP contribution in [0, 0.1) is 0 Å². The summed E-state index contributed by atoms with van der Waals surface area (Å²) in [4.78, 5) is 22.1. The zero-order valence-corrected chi connectivity index (χ0v) is 21.2. The van der Waals surface area contributed by atoms with Crippen molar-refractivity contribution >= 4 is 22.2 Å². The van der Waals surface area contributed by atoms with Gasteiger partial charge in [0.25, 0.3) is 0 Å². The highest BCUT2D eigenvalue weighted by Gasteiger charge is 2.07. The summed E-state index contributed by atoms with van der Waals surface area (Å²) in [7, 11) is 7.67. The van der Waals surface area contributed by atoms with E-state index in [1.54, 1.807) is 13.8 Å². The summed E-state index contributed by atoms with van der Waals surface area (Å²) in [5.74, 6) is -0.0807. The maximum Gasteiger partial charge on any atom is 0.246 e. The average molecular weight is 467 g/mol. The number of carbonyl (C=O) groups excluding carboxylic acids is 2. The standard InChI is InChI=1S/2C10H20N2O.H2O4S/c2*1-9(2)10(13)11-7-6-8-12(3,4)5;1-5(2,3)4/h2*1,6-8H2,2-5H3;(H2,1,2,3,4). The molecule has 0 aliphatic rings. The van der Waals surface area contributed by atoms with Crippen LogP contribution in [0.5, 0.6) is 0 Å². The van der Waals surface area contributed by atoms with Gasteiger partial charge in [0.1, 0.15) is 0 Å². The lowest BCUT2D eigenvalue weighted by atomic mass is 10.3. The second-order valence-corrected chi connectivity index (χ2v) is 10.0. The maximum absolute atomic E-state index is 11.1. The molecule has 10 nitrogen and oxygen atoms in total. The van der Waals surface area contributed by atoms with E-state index in [-0.39, 0.29) is 11.8 Å². The van der Waals surface area contributed by atoms with Crippen molar-refractivity contribution in [1.82, 2.24) is 10.6 Å². The van der Waals surface area contributed by atoms with Crippen LogP contribution >= 0.6 is 0 Å². The number of hydrogen-bond acceptors (Lipinski definition) is 6. The Balaban J connectivity index is -0.000000416. The molecule has 0 bridgehead atoms. The lowest BCUT2D eigenvalue weighted by Crippen LogP contribution is -2.37. The average Bonchev–Trinajstić information content (AvgIpc) is 2.52. The summed E-state index contributed by atoms with van der Waals surface area (Å²) in [6, 6.07) is 0. The fourth-order valence-electron chi connectivity index (χ4n) is 1.81. The van der Waals surface area contributed by atoms with Crippen molar-refractivity contribution < 1.29 is 36.1 Å². The van der Waals surface area contributed by atoms with Gasteiger partial charge < -0.3 is 28.7 Å². The molecule has 0 spiro atoms. The van der Waals surface area contributed by atoms with Gasteiger partial charge in [-0.25, -0.2) is 0 Å². The van der Waals surface area contributed by atoms with E-state index in [0.29, 0.717) is 11.1 Å². The molecule has 2 amide bonds. The number of quaternary nitrogens is 2. The van der Waals surface area contributed by atoms with Crippen molar-refractivity contribution in [2.24, 2.45) is 0 Å². The second kappa shape index (κ2) is 15.9. The van der Waals surface area contributed by atoms with Gasteiger partial charge in [0.2, 0.25) is 11.8 Å². The molecule has 0 heterocycles. The highest BCUT2D eigenvalue weighted by molar-refractivity contribution is 7.79. The van der Waals surface area contributed by atoms with Gasteiger partial charge in [-0.2, -0.15) is 0 Å². The number of nitrogens with one attached hydrogen (secondary N) is 2. The molecule has 31 heavy (non-hydrogen) atoms. The first kappa shape index (κ1) is 33.8. The molecule has 2 N–H and O–H groups in total. The van der Waals surface area contributed by atoms with Crippen molar-refractivity contribution in [2.75, 3.05) is 68.5 Å². The van der Waals surface area contributed by atoms with Crippen molar-refractivity contribution in [1.29, 1.82) is 0 Å². The van der Waals surface area contributed by atoms with Gasteiger partial charge in [-0.1, -0.05) is 13.2 Å². The Hall–Kier alpha value is -1.79. The lowest BCUT2D eigenvalue weighted by molar-refractivity contribution is -0.870. The Morgan fingerprint density at radius 3 is 1.13 bits per heavy atom. The van der Waals surface area contributed by atoms with E-state index in [0.717, 1.165) is 48.0 Å². The highest BCUT2D eigenvalue weighted by atomic mass is 32.3. The minimum absolute atomic E-state index is 0.0404. The smallest absolute Gasteiger partial charge is 0.246 e. The van der Waals surface area contributed by atoms with Gasteiger partial charge >= 0.3 is 0 Å². The Bertz CT molecular complexity index is 625. The zero-order valence-electron chi connectivity index (χ0n) is 20.4. The zero-order chi connectivity index (χ0) is 25.5.